The molecule has 16 heavy (non-hydrogen) atoms. The summed E-state index contributed by atoms with van der Waals surface area (Å²) < 4.78 is 0. The second-order valence-electron chi connectivity index (χ2n) is 4.89. The van der Waals surface area contributed by atoms with Gasteiger partial charge in [-0.15, -0.1) is 0 Å². The predicted molar refractivity (Wildman–Crippen MR) is 68.0 cm³/mol. The molecule has 0 saturated heterocycles. The Morgan fingerprint density at radius 2 is 2.06 bits per heavy atom. The summed E-state index contributed by atoms with van der Waals surface area (Å²) in [5.74, 6) is 1.07. The summed E-state index contributed by atoms with van der Waals surface area (Å²) in [5.41, 5.74) is 5.07. The Morgan fingerprint density at radius 1 is 1.25 bits per heavy atom. The van der Waals surface area contributed by atoms with E-state index in [1.165, 1.54) is 22.1 Å². The summed E-state index contributed by atoms with van der Waals surface area (Å²) in [7, 11) is 0. The average Bonchev–Trinajstić information content (AvgIpc) is 2.54. The van der Waals surface area contributed by atoms with Gasteiger partial charge in [-0.2, -0.15) is 0 Å². The van der Waals surface area contributed by atoms with Gasteiger partial charge in [0.2, 0.25) is 0 Å². The fourth-order valence-electron chi connectivity index (χ4n) is 2.57. The smallest absolute Gasteiger partial charge is 0.130 e. The maximum absolute atomic E-state index is 4.72. The van der Waals surface area contributed by atoms with Crippen molar-refractivity contribution in [1.29, 1.82) is 0 Å². The van der Waals surface area contributed by atoms with Gasteiger partial charge in [0.25, 0.3) is 0 Å². The number of benzene rings is 1. The highest BCUT2D eigenvalue weighted by Crippen LogP contribution is 2.29. The zero-order valence-electron chi connectivity index (χ0n) is 9.96. The van der Waals surface area contributed by atoms with E-state index in [2.05, 4.69) is 44.3 Å². The van der Waals surface area contributed by atoms with Crippen LogP contribution >= 0.6 is 0 Å². The van der Waals surface area contributed by atoms with Gasteiger partial charge in [-0.1, -0.05) is 6.07 Å². The molecule has 0 radical (unpaired) electrons. The van der Waals surface area contributed by atoms with E-state index >= 15 is 0 Å². The van der Waals surface area contributed by atoms with Crippen molar-refractivity contribution in [3.05, 3.63) is 34.9 Å². The van der Waals surface area contributed by atoms with Crippen molar-refractivity contribution in [2.45, 2.75) is 33.2 Å². The van der Waals surface area contributed by atoms with E-state index in [0.717, 1.165) is 17.8 Å². The largest absolute Gasteiger partial charge is 0.367 e. The molecule has 1 aromatic heterocycles. The van der Waals surface area contributed by atoms with Crippen LogP contribution in [0.2, 0.25) is 0 Å². The van der Waals surface area contributed by atoms with Crippen molar-refractivity contribution in [3.8, 4) is 0 Å². The first-order valence-corrected chi connectivity index (χ1v) is 5.81. The lowest BCUT2D eigenvalue weighted by Gasteiger charge is -2.06. The molecule has 82 valence electrons. The SMILES string of the molecule is Cc1cc(C)c2cc3c(nc2c1)NC(C)C3. The van der Waals surface area contributed by atoms with Gasteiger partial charge in [0.1, 0.15) is 5.82 Å². The topological polar surface area (TPSA) is 24.9 Å². The molecule has 1 atom stereocenters. The van der Waals surface area contributed by atoms with Crippen LogP contribution in [0.15, 0.2) is 18.2 Å². The van der Waals surface area contributed by atoms with Gasteiger partial charge in [0.15, 0.2) is 0 Å². The molecule has 1 aliphatic rings. The summed E-state index contributed by atoms with van der Waals surface area (Å²) in [4.78, 5) is 4.72. The number of fused-ring (bicyclic) bond motifs is 2. The molecule has 0 aliphatic carbocycles. The molecule has 0 bridgehead atoms. The second kappa shape index (κ2) is 3.21. The molecule has 0 saturated carbocycles. The monoisotopic (exact) mass is 212 g/mol. The van der Waals surface area contributed by atoms with E-state index in [0.29, 0.717) is 6.04 Å². The highest BCUT2D eigenvalue weighted by molar-refractivity contribution is 5.86. The molecule has 2 nitrogen and oxygen atoms in total. The van der Waals surface area contributed by atoms with Crippen molar-refractivity contribution >= 4 is 16.7 Å². The van der Waals surface area contributed by atoms with Crippen molar-refractivity contribution in [2.24, 2.45) is 0 Å². The van der Waals surface area contributed by atoms with Crippen molar-refractivity contribution in [2.75, 3.05) is 5.32 Å². The first-order valence-electron chi connectivity index (χ1n) is 5.81. The number of hydrogen-bond donors (Lipinski definition) is 1. The van der Waals surface area contributed by atoms with E-state index in [1.807, 2.05) is 0 Å². The number of aromatic nitrogens is 1. The fraction of sp³-hybridized carbons (Fsp3) is 0.357. The molecular formula is C14H16N2. The van der Waals surface area contributed by atoms with Crippen molar-refractivity contribution < 1.29 is 0 Å². The fourth-order valence-corrected chi connectivity index (χ4v) is 2.57. The Morgan fingerprint density at radius 3 is 2.88 bits per heavy atom. The minimum absolute atomic E-state index is 0.515. The summed E-state index contributed by atoms with van der Waals surface area (Å²) in [6.45, 7) is 6.48. The van der Waals surface area contributed by atoms with E-state index in [-0.39, 0.29) is 0 Å². The molecule has 1 aromatic carbocycles. The minimum atomic E-state index is 0.515. The minimum Gasteiger partial charge on any atom is -0.367 e. The zero-order chi connectivity index (χ0) is 11.3. The lowest BCUT2D eigenvalue weighted by atomic mass is 10.0. The van der Waals surface area contributed by atoms with Gasteiger partial charge in [0.05, 0.1) is 5.52 Å². The van der Waals surface area contributed by atoms with Gasteiger partial charge < -0.3 is 5.32 Å². The van der Waals surface area contributed by atoms with Crippen LogP contribution in [0.25, 0.3) is 10.9 Å². The molecular weight excluding hydrogens is 196 g/mol. The van der Waals surface area contributed by atoms with Crippen LogP contribution in [0.5, 0.6) is 0 Å². The molecule has 1 aliphatic heterocycles. The molecule has 1 N–H and O–H groups in total. The van der Waals surface area contributed by atoms with Gasteiger partial charge in [-0.25, -0.2) is 4.98 Å². The Balaban J connectivity index is 2.30. The summed E-state index contributed by atoms with van der Waals surface area (Å²) in [5, 5.41) is 4.71. The number of rotatable bonds is 0. The molecule has 0 fully saturated rings. The van der Waals surface area contributed by atoms with Gasteiger partial charge in [-0.05, 0) is 56.0 Å². The highest BCUT2D eigenvalue weighted by atomic mass is 15.0. The third-order valence-corrected chi connectivity index (χ3v) is 3.27. The second-order valence-corrected chi connectivity index (χ2v) is 4.89. The number of aryl methyl sites for hydroxylation is 2. The number of pyridine rings is 1. The van der Waals surface area contributed by atoms with E-state index in [9.17, 15) is 0 Å². The number of nitrogens with one attached hydrogen (secondary N) is 1. The first kappa shape index (κ1) is 9.64. The lowest BCUT2D eigenvalue weighted by Crippen LogP contribution is -2.08. The quantitative estimate of drug-likeness (QED) is 0.725. The maximum atomic E-state index is 4.72. The molecule has 0 amide bonds. The summed E-state index contributed by atoms with van der Waals surface area (Å²) >= 11 is 0. The van der Waals surface area contributed by atoms with Gasteiger partial charge in [-0.3, -0.25) is 0 Å². The van der Waals surface area contributed by atoms with E-state index in [4.69, 9.17) is 4.98 Å². The lowest BCUT2D eigenvalue weighted by molar-refractivity contribution is 0.839. The average molecular weight is 212 g/mol. The highest BCUT2D eigenvalue weighted by Gasteiger charge is 2.18. The Labute approximate surface area is 95.7 Å². The van der Waals surface area contributed by atoms with Crippen molar-refractivity contribution in [1.82, 2.24) is 4.98 Å². The molecule has 0 spiro atoms. The van der Waals surface area contributed by atoms with Gasteiger partial charge in [0, 0.05) is 11.4 Å². The normalized spacial score (nSPS) is 18.6. The molecule has 2 heterocycles. The van der Waals surface area contributed by atoms with Crippen LogP contribution in [0.4, 0.5) is 5.82 Å². The van der Waals surface area contributed by atoms with Crippen LogP contribution in [0.3, 0.4) is 0 Å². The summed E-state index contributed by atoms with van der Waals surface area (Å²) in [6.07, 6.45) is 1.09. The molecule has 1 unspecified atom stereocenters. The Kier molecular flexibility index (Phi) is 1.93. The van der Waals surface area contributed by atoms with Crippen LogP contribution in [0.1, 0.15) is 23.6 Å². The van der Waals surface area contributed by atoms with Crippen LogP contribution in [0, 0.1) is 13.8 Å². The molecule has 3 rings (SSSR count). The van der Waals surface area contributed by atoms with E-state index in [1.54, 1.807) is 0 Å². The van der Waals surface area contributed by atoms with Gasteiger partial charge >= 0.3 is 0 Å². The Bertz CT molecular complexity index is 572. The summed E-state index contributed by atoms with van der Waals surface area (Å²) in [6, 6.07) is 7.19. The standard InChI is InChI=1S/C14H16N2/c1-8-4-9(2)12-7-11-6-10(3)15-14(11)16-13(12)5-8/h4-5,7,10H,6H2,1-3H3,(H,15,16). The number of nitrogens with zero attached hydrogens (tertiary/aromatic N) is 1. The van der Waals surface area contributed by atoms with Crippen LogP contribution in [-0.2, 0) is 6.42 Å². The molecule has 2 heteroatoms. The maximum Gasteiger partial charge on any atom is 0.130 e. The van der Waals surface area contributed by atoms with E-state index < -0.39 is 0 Å². The predicted octanol–water partition coefficient (Wildman–Crippen LogP) is 3.21. The van der Waals surface area contributed by atoms with Crippen LogP contribution in [-0.4, -0.2) is 11.0 Å². The number of hydrogen-bond acceptors (Lipinski definition) is 2. The zero-order valence-corrected chi connectivity index (χ0v) is 9.96. The Hall–Kier alpha value is -1.57. The first-order chi connectivity index (χ1) is 7.63. The third-order valence-electron chi connectivity index (χ3n) is 3.27. The third kappa shape index (κ3) is 1.37. The number of anilines is 1. The van der Waals surface area contributed by atoms with Crippen molar-refractivity contribution in [3.63, 3.8) is 0 Å². The molecule has 2 aromatic rings. The van der Waals surface area contributed by atoms with Crippen LogP contribution < -0.4 is 5.32 Å².